The number of likely N-dealkylation sites (tertiary alicyclic amines) is 1. The summed E-state index contributed by atoms with van der Waals surface area (Å²) in [4.78, 5) is 12.6. The van der Waals surface area contributed by atoms with E-state index in [2.05, 4.69) is 0 Å². The zero-order valence-corrected chi connectivity index (χ0v) is 8.49. The van der Waals surface area contributed by atoms with Crippen molar-refractivity contribution in [2.45, 2.75) is 12.3 Å². The van der Waals surface area contributed by atoms with Crippen LogP contribution in [0.3, 0.4) is 0 Å². The Hall–Kier alpha value is -1.49. The van der Waals surface area contributed by atoms with Gasteiger partial charge in [0.15, 0.2) is 0 Å². The van der Waals surface area contributed by atoms with Crippen molar-refractivity contribution in [3.63, 3.8) is 0 Å². The third-order valence-electron chi connectivity index (χ3n) is 2.74. The molecule has 1 aliphatic rings. The highest BCUT2D eigenvalue weighted by molar-refractivity contribution is 5.79. The quantitative estimate of drug-likeness (QED) is 0.825. The van der Waals surface area contributed by atoms with E-state index in [9.17, 15) is 13.6 Å². The fourth-order valence-corrected chi connectivity index (χ4v) is 1.94. The Labute approximate surface area is 91.3 Å². The van der Waals surface area contributed by atoms with Crippen LogP contribution in [-0.4, -0.2) is 29.2 Å². The van der Waals surface area contributed by atoms with Gasteiger partial charge in [-0.3, -0.25) is 4.79 Å². The summed E-state index contributed by atoms with van der Waals surface area (Å²) in [5.41, 5.74) is 0.460. The number of halogens is 2. The lowest BCUT2D eigenvalue weighted by Gasteiger charge is -2.13. The van der Waals surface area contributed by atoms with Gasteiger partial charge in [-0.15, -0.1) is 0 Å². The predicted octanol–water partition coefficient (Wildman–Crippen LogP) is 1.23. The van der Waals surface area contributed by atoms with Gasteiger partial charge in [-0.2, -0.15) is 0 Å². The molecule has 1 fully saturated rings. The van der Waals surface area contributed by atoms with Crippen molar-refractivity contribution in [2.24, 2.45) is 0 Å². The minimum atomic E-state index is -0.648. The summed E-state index contributed by atoms with van der Waals surface area (Å²) in [6.07, 6.45) is 0.184. The highest BCUT2D eigenvalue weighted by atomic mass is 19.1. The molecule has 0 radical (unpaired) electrons. The van der Waals surface area contributed by atoms with Gasteiger partial charge in [-0.1, -0.05) is 0 Å². The lowest BCUT2D eigenvalue weighted by molar-refractivity contribution is -0.130. The second-order valence-electron chi connectivity index (χ2n) is 3.86. The molecular formula is C11H11F2NO2. The number of rotatable bonds is 2. The number of aliphatic hydroxyl groups is 1. The van der Waals surface area contributed by atoms with E-state index in [1.807, 2.05) is 0 Å². The van der Waals surface area contributed by atoms with Crippen LogP contribution in [0.15, 0.2) is 18.2 Å². The highest BCUT2D eigenvalue weighted by Crippen LogP contribution is 2.28. The first-order chi connectivity index (χ1) is 7.60. The second kappa shape index (κ2) is 4.17. The van der Waals surface area contributed by atoms with Crippen LogP contribution in [0.25, 0.3) is 0 Å². The fraction of sp³-hybridized carbons (Fsp3) is 0.364. The molecule has 86 valence electrons. The average molecular weight is 227 g/mol. The zero-order chi connectivity index (χ0) is 11.7. The number of hydrogen-bond acceptors (Lipinski definition) is 2. The molecular weight excluding hydrogens is 216 g/mol. The Morgan fingerprint density at radius 2 is 1.94 bits per heavy atom. The van der Waals surface area contributed by atoms with Gasteiger partial charge in [-0.05, 0) is 17.7 Å². The van der Waals surface area contributed by atoms with Gasteiger partial charge >= 0.3 is 0 Å². The molecule has 1 aromatic rings. The molecule has 0 aromatic heterocycles. The summed E-state index contributed by atoms with van der Waals surface area (Å²) < 4.78 is 25.9. The van der Waals surface area contributed by atoms with Gasteiger partial charge in [-0.25, -0.2) is 8.78 Å². The van der Waals surface area contributed by atoms with E-state index in [1.165, 1.54) is 17.0 Å². The molecule has 1 atom stereocenters. The molecule has 0 bridgehead atoms. The van der Waals surface area contributed by atoms with Gasteiger partial charge in [0.2, 0.25) is 5.91 Å². The van der Waals surface area contributed by atoms with Crippen molar-refractivity contribution in [1.82, 2.24) is 4.90 Å². The van der Waals surface area contributed by atoms with Crippen molar-refractivity contribution in [2.75, 3.05) is 13.3 Å². The van der Waals surface area contributed by atoms with Gasteiger partial charge in [0.1, 0.15) is 18.4 Å². The molecule has 0 aliphatic carbocycles. The Bertz CT molecular complexity index is 402. The van der Waals surface area contributed by atoms with E-state index in [0.29, 0.717) is 12.1 Å². The Morgan fingerprint density at radius 1 is 1.31 bits per heavy atom. The molecule has 1 amide bonds. The van der Waals surface area contributed by atoms with Crippen LogP contribution in [-0.2, 0) is 4.79 Å². The van der Waals surface area contributed by atoms with Crippen LogP contribution in [0.4, 0.5) is 8.78 Å². The van der Waals surface area contributed by atoms with Gasteiger partial charge in [0, 0.05) is 24.9 Å². The minimum Gasteiger partial charge on any atom is -0.376 e. The van der Waals surface area contributed by atoms with Crippen LogP contribution in [0.5, 0.6) is 0 Å². The summed E-state index contributed by atoms with van der Waals surface area (Å²) in [6, 6.07) is 3.24. The summed E-state index contributed by atoms with van der Waals surface area (Å²) in [6.45, 7) is -0.0502. The Morgan fingerprint density at radius 3 is 2.44 bits per heavy atom. The largest absolute Gasteiger partial charge is 0.376 e. The smallest absolute Gasteiger partial charge is 0.225 e. The van der Waals surface area contributed by atoms with Crippen LogP contribution in [0, 0.1) is 11.6 Å². The number of hydrogen-bond donors (Lipinski definition) is 1. The normalized spacial score (nSPS) is 20.6. The van der Waals surface area contributed by atoms with Crippen molar-refractivity contribution in [3.8, 4) is 0 Å². The first kappa shape index (κ1) is 11.0. The first-order valence-corrected chi connectivity index (χ1v) is 4.95. The molecule has 1 aliphatic heterocycles. The van der Waals surface area contributed by atoms with Crippen LogP contribution < -0.4 is 0 Å². The first-order valence-electron chi connectivity index (χ1n) is 4.95. The number of benzene rings is 1. The molecule has 1 unspecified atom stereocenters. The molecule has 1 heterocycles. The van der Waals surface area contributed by atoms with E-state index in [1.54, 1.807) is 0 Å². The third kappa shape index (κ3) is 2.04. The van der Waals surface area contributed by atoms with Crippen LogP contribution in [0.1, 0.15) is 17.9 Å². The number of amides is 1. The SMILES string of the molecule is O=C1CC(c2cc(F)cc(F)c2)CN1CO. The monoisotopic (exact) mass is 227 g/mol. The second-order valence-corrected chi connectivity index (χ2v) is 3.86. The summed E-state index contributed by atoms with van der Waals surface area (Å²) in [5, 5.41) is 8.87. The highest BCUT2D eigenvalue weighted by Gasteiger charge is 2.30. The lowest BCUT2D eigenvalue weighted by Crippen LogP contribution is -2.25. The molecule has 5 heteroatoms. The fourth-order valence-electron chi connectivity index (χ4n) is 1.94. The molecule has 16 heavy (non-hydrogen) atoms. The summed E-state index contributed by atoms with van der Waals surface area (Å²) in [7, 11) is 0. The molecule has 0 saturated carbocycles. The van der Waals surface area contributed by atoms with Gasteiger partial charge in [0.25, 0.3) is 0 Å². The van der Waals surface area contributed by atoms with E-state index >= 15 is 0 Å². The number of nitrogens with zero attached hydrogens (tertiary/aromatic N) is 1. The van der Waals surface area contributed by atoms with Crippen LogP contribution >= 0.6 is 0 Å². The Kier molecular flexibility index (Phi) is 2.87. The van der Waals surface area contributed by atoms with Gasteiger partial charge < -0.3 is 10.0 Å². The van der Waals surface area contributed by atoms with E-state index in [0.717, 1.165) is 6.07 Å². The molecule has 3 nitrogen and oxygen atoms in total. The van der Waals surface area contributed by atoms with E-state index < -0.39 is 11.6 Å². The number of carbonyl (C=O) groups excluding carboxylic acids is 1. The zero-order valence-electron chi connectivity index (χ0n) is 8.49. The predicted molar refractivity (Wildman–Crippen MR) is 52.5 cm³/mol. The molecule has 2 rings (SSSR count). The summed E-state index contributed by atoms with van der Waals surface area (Å²) >= 11 is 0. The van der Waals surface area contributed by atoms with Crippen molar-refractivity contribution in [1.29, 1.82) is 0 Å². The standard InChI is InChI=1S/C11H11F2NO2/c12-9-1-7(2-10(13)4-9)8-3-11(16)14(5-8)6-15/h1-2,4,8,15H,3,5-6H2. The number of aliphatic hydroxyl groups excluding tert-OH is 1. The van der Waals surface area contributed by atoms with E-state index in [-0.39, 0.29) is 25.0 Å². The maximum atomic E-state index is 13.0. The Balaban J connectivity index is 2.23. The maximum absolute atomic E-state index is 13.0. The molecule has 1 N–H and O–H groups in total. The van der Waals surface area contributed by atoms with Crippen molar-refractivity contribution >= 4 is 5.91 Å². The summed E-state index contributed by atoms with van der Waals surface area (Å²) in [5.74, 6) is -1.74. The molecule has 0 spiro atoms. The van der Waals surface area contributed by atoms with Gasteiger partial charge in [0.05, 0.1) is 0 Å². The van der Waals surface area contributed by atoms with Crippen molar-refractivity contribution < 1.29 is 18.7 Å². The topological polar surface area (TPSA) is 40.5 Å². The maximum Gasteiger partial charge on any atom is 0.225 e. The average Bonchev–Trinajstić information content (AvgIpc) is 2.58. The lowest BCUT2D eigenvalue weighted by atomic mass is 9.98. The number of carbonyl (C=O) groups is 1. The van der Waals surface area contributed by atoms with E-state index in [4.69, 9.17) is 5.11 Å². The molecule has 1 saturated heterocycles. The third-order valence-corrected chi connectivity index (χ3v) is 2.74. The van der Waals surface area contributed by atoms with Crippen LogP contribution in [0.2, 0.25) is 0 Å². The minimum absolute atomic E-state index is 0.184. The van der Waals surface area contributed by atoms with Crippen molar-refractivity contribution in [3.05, 3.63) is 35.4 Å². The molecule has 1 aromatic carbocycles.